The van der Waals surface area contributed by atoms with E-state index in [-0.39, 0.29) is 0 Å². The van der Waals surface area contributed by atoms with Crippen LogP contribution in [0.25, 0.3) is 77.3 Å². The van der Waals surface area contributed by atoms with Crippen molar-refractivity contribution in [3.8, 4) is 33.4 Å². The first kappa shape index (κ1) is 29.1. The summed E-state index contributed by atoms with van der Waals surface area (Å²) < 4.78 is 13.2. The molecular formula is C48H31NO2. The standard InChI is InChI=1S/C48H31NO2/c1-4-11-32(12-5-1)34-19-23-37(24-20-34)49(38-25-21-35(22-26-38)33-13-6-2-7-14-33)39-27-28-41-43-30-47-44(31-46(43)50-45(41)29-39)42-18-10-17-40(48(42)51-47)36-15-8-3-9-16-36/h1-31H. The fraction of sp³-hybridized carbons (Fsp3) is 0. The van der Waals surface area contributed by atoms with Crippen LogP contribution in [0.5, 0.6) is 0 Å². The molecule has 3 heteroatoms. The Morgan fingerprint density at radius 1 is 0.294 bits per heavy atom. The van der Waals surface area contributed by atoms with E-state index in [1.54, 1.807) is 0 Å². The molecule has 0 amide bonds. The monoisotopic (exact) mass is 653 g/mol. The van der Waals surface area contributed by atoms with Gasteiger partial charge >= 0.3 is 0 Å². The van der Waals surface area contributed by atoms with Crippen LogP contribution in [0.15, 0.2) is 197 Å². The summed E-state index contributed by atoms with van der Waals surface area (Å²) in [6, 6.07) is 66.1. The van der Waals surface area contributed by atoms with Crippen LogP contribution in [0, 0.1) is 0 Å². The zero-order valence-corrected chi connectivity index (χ0v) is 27.7. The molecule has 0 spiro atoms. The number of benzene rings is 8. The van der Waals surface area contributed by atoms with Gasteiger partial charge < -0.3 is 13.7 Å². The number of anilines is 3. The molecule has 0 atom stereocenters. The maximum absolute atomic E-state index is 6.64. The molecule has 0 aliphatic carbocycles. The van der Waals surface area contributed by atoms with E-state index in [0.29, 0.717) is 0 Å². The van der Waals surface area contributed by atoms with Crippen molar-refractivity contribution < 1.29 is 8.83 Å². The Kier molecular flexibility index (Phi) is 6.81. The first-order valence-electron chi connectivity index (χ1n) is 17.2. The van der Waals surface area contributed by atoms with Crippen LogP contribution in [0.4, 0.5) is 17.1 Å². The minimum Gasteiger partial charge on any atom is -0.456 e. The van der Waals surface area contributed by atoms with E-state index in [2.05, 4.69) is 175 Å². The van der Waals surface area contributed by atoms with Crippen molar-refractivity contribution >= 4 is 60.9 Å². The third-order valence-electron chi connectivity index (χ3n) is 9.88. The Morgan fingerprint density at radius 3 is 1.35 bits per heavy atom. The Morgan fingerprint density at radius 2 is 0.765 bits per heavy atom. The molecule has 2 aromatic heterocycles. The highest BCUT2D eigenvalue weighted by Crippen LogP contribution is 2.42. The first-order chi connectivity index (χ1) is 25.3. The van der Waals surface area contributed by atoms with Crippen molar-refractivity contribution in [3.63, 3.8) is 0 Å². The van der Waals surface area contributed by atoms with Gasteiger partial charge in [-0.1, -0.05) is 133 Å². The van der Waals surface area contributed by atoms with E-state index < -0.39 is 0 Å². The van der Waals surface area contributed by atoms with Gasteiger partial charge in [-0.3, -0.25) is 0 Å². The summed E-state index contributed by atoms with van der Waals surface area (Å²) in [7, 11) is 0. The van der Waals surface area contributed by atoms with Crippen LogP contribution >= 0.6 is 0 Å². The van der Waals surface area contributed by atoms with Crippen LogP contribution in [-0.4, -0.2) is 0 Å². The maximum Gasteiger partial charge on any atom is 0.143 e. The van der Waals surface area contributed by atoms with Crippen molar-refractivity contribution in [2.45, 2.75) is 0 Å². The first-order valence-corrected chi connectivity index (χ1v) is 17.2. The molecule has 0 radical (unpaired) electrons. The molecule has 0 aliphatic rings. The smallest absolute Gasteiger partial charge is 0.143 e. The number of fused-ring (bicyclic) bond motifs is 6. The summed E-state index contributed by atoms with van der Waals surface area (Å²) in [5, 5.41) is 4.22. The molecule has 3 nitrogen and oxygen atoms in total. The lowest BCUT2D eigenvalue weighted by molar-refractivity contribution is 0.664. The van der Waals surface area contributed by atoms with E-state index in [0.717, 1.165) is 72.1 Å². The van der Waals surface area contributed by atoms with Gasteiger partial charge in [0.25, 0.3) is 0 Å². The Balaban J connectivity index is 1.09. The summed E-state index contributed by atoms with van der Waals surface area (Å²) in [5.74, 6) is 0. The zero-order chi connectivity index (χ0) is 33.7. The van der Waals surface area contributed by atoms with Gasteiger partial charge in [0, 0.05) is 50.2 Å². The Hall–Kier alpha value is -6.84. The fourth-order valence-electron chi connectivity index (χ4n) is 7.35. The van der Waals surface area contributed by atoms with E-state index in [9.17, 15) is 0 Å². The summed E-state index contributed by atoms with van der Waals surface area (Å²) in [4.78, 5) is 2.29. The summed E-state index contributed by atoms with van der Waals surface area (Å²) in [5.41, 5.74) is 13.5. The summed E-state index contributed by atoms with van der Waals surface area (Å²) >= 11 is 0. The molecule has 0 bridgehead atoms. The molecule has 0 N–H and O–H groups in total. The van der Waals surface area contributed by atoms with Gasteiger partial charge in [0.15, 0.2) is 0 Å². The predicted molar refractivity (Wildman–Crippen MR) is 212 cm³/mol. The van der Waals surface area contributed by atoms with Gasteiger partial charge in [0.2, 0.25) is 0 Å². The number of hydrogen-bond donors (Lipinski definition) is 0. The zero-order valence-electron chi connectivity index (χ0n) is 27.7. The second kappa shape index (κ2) is 11.9. The molecule has 240 valence electrons. The van der Waals surface area contributed by atoms with Gasteiger partial charge in [-0.2, -0.15) is 0 Å². The van der Waals surface area contributed by atoms with Crippen LogP contribution in [-0.2, 0) is 0 Å². The normalized spacial score (nSPS) is 11.5. The molecule has 0 aliphatic heterocycles. The third-order valence-corrected chi connectivity index (χ3v) is 9.88. The lowest BCUT2D eigenvalue weighted by Crippen LogP contribution is -2.09. The Labute approximate surface area is 295 Å². The topological polar surface area (TPSA) is 29.5 Å². The van der Waals surface area contributed by atoms with E-state index in [1.807, 2.05) is 18.2 Å². The van der Waals surface area contributed by atoms with Gasteiger partial charge in [-0.05, 0) is 76.3 Å². The highest BCUT2D eigenvalue weighted by Gasteiger charge is 2.19. The molecule has 0 saturated heterocycles. The van der Waals surface area contributed by atoms with Crippen LogP contribution in [0.3, 0.4) is 0 Å². The minimum absolute atomic E-state index is 0.830. The molecule has 8 aromatic carbocycles. The maximum atomic E-state index is 6.64. The predicted octanol–water partition coefficient (Wildman–Crippen LogP) is 14.0. The molecule has 10 aromatic rings. The second-order valence-electron chi connectivity index (χ2n) is 12.9. The Bertz CT molecular complexity index is 2730. The molecule has 51 heavy (non-hydrogen) atoms. The van der Waals surface area contributed by atoms with Crippen molar-refractivity contribution in [2.75, 3.05) is 4.90 Å². The molecule has 2 heterocycles. The third kappa shape index (κ3) is 5.06. The molecular weight excluding hydrogens is 623 g/mol. The summed E-state index contributed by atoms with van der Waals surface area (Å²) in [6.45, 7) is 0. The van der Waals surface area contributed by atoms with E-state index >= 15 is 0 Å². The van der Waals surface area contributed by atoms with Crippen molar-refractivity contribution in [3.05, 3.63) is 188 Å². The van der Waals surface area contributed by atoms with Gasteiger partial charge in [0.05, 0.1) is 0 Å². The number of rotatable bonds is 6. The lowest BCUT2D eigenvalue weighted by atomic mass is 10.0. The van der Waals surface area contributed by atoms with Gasteiger partial charge in [-0.25, -0.2) is 0 Å². The van der Waals surface area contributed by atoms with Crippen LogP contribution in [0.1, 0.15) is 0 Å². The van der Waals surface area contributed by atoms with E-state index in [1.165, 1.54) is 22.3 Å². The van der Waals surface area contributed by atoms with Crippen molar-refractivity contribution in [1.29, 1.82) is 0 Å². The summed E-state index contributed by atoms with van der Waals surface area (Å²) in [6.07, 6.45) is 0. The molecule has 10 rings (SSSR count). The number of hydrogen-bond acceptors (Lipinski definition) is 3. The fourth-order valence-corrected chi connectivity index (χ4v) is 7.35. The SMILES string of the molecule is c1ccc(-c2ccc(N(c3ccc(-c4ccccc4)cc3)c3ccc4c(c3)oc3cc5c(cc34)oc3c(-c4ccccc4)cccc35)cc2)cc1. The largest absolute Gasteiger partial charge is 0.456 e. The highest BCUT2D eigenvalue weighted by molar-refractivity contribution is 6.16. The quantitative estimate of drug-likeness (QED) is 0.179. The highest BCUT2D eigenvalue weighted by atomic mass is 16.3. The number of nitrogens with zero attached hydrogens (tertiary/aromatic N) is 1. The van der Waals surface area contributed by atoms with Crippen LogP contribution < -0.4 is 4.90 Å². The second-order valence-corrected chi connectivity index (χ2v) is 12.9. The lowest BCUT2D eigenvalue weighted by Gasteiger charge is -2.26. The van der Waals surface area contributed by atoms with Crippen LogP contribution in [0.2, 0.25) is 0 Å². The van der Waals surface area contributed by atoms with Gasteiger partial charge in [0.1, 0.15) is 22.3 Å². The van der Waals surface area contributed by atoms with Gasteiger partial charge in [-0.15, -0.1) is 0 Å². The van der Waals surface area contributed by atoms with Crippen molar-refractivity contribution in [2.24, 2.45) is 0 Å². The molecule has 0 unspecified atom stereocenters. The van der Waals surface area contributed by atoms with Crippen molar-refractivity contribution in [1.82, 2.24) is 0 Å². The number of para-hydroxylation sites is 1. The average Bonchev–Trinajstić information content (AvgIpc) is 3.75. The number of furan rings is 2. The molecule has 0 fully saturated rings. The average molecular weight is 654 g/mol. The van der Waals surface area contributed by atoms with E-state index in [4.69, 9.17) is 8.83 Å². The minimum atomic E-state index is 0.830. The molecule has 0 saturated carbocycles.